The first-order valence-corrected chi connectivity index (χ1v) is 8.98. The van der Waals surface area contributed by atoms with E-state index in [9.17, 15) is 13.5 Å². The van der Waals surface area contributed by atoms with Gasteiger partial charge in [-0.05, 0) is 20.3 Å². The minimum atomic E-state index is -3.58. The number of hydrogen-bond donors (Lipinski definition) is 1. The molecule has 0 aromatic heterocycles. The van der Waals surface area contributed by atoms with Crippen LogP contribution in [0.2, 0.25) is 0 Å². The van der Waals surface area contributed by atoms with Crippen molar-refractivity contribution < 1.29 is 31.9 Å². The summed E-state index contributed by atoms with van der Waals surface area (Å²) in [6.45, 7) is 5.31. The normalized spacial score (nSPS) is 38.6. The minimum absolute atomic E-state index is 0.201. The first-order chi connectivity index (χ1) is 9.56. The van der Waals surface area contributed by atoms with Crippen LogP contribution in [-0.4, -0.2) is 56.3 Å². The fraction of sp³-hybridized carbons (Fsp3) is 1.00. The van der Waals surface area contributed by atoms with Crippen molar-refractivity contribution in [3.8, 4) is 0 Å². The molecule has 8 heteroatoms. The topological polar surface area (TPSA) is 91.3 Å². The summed E-state index contributed by atoms with van der Waals surface area (Å²) in [6, 6.07) is 0. The molecule has 2 aliphatic heterocycles. The molecule has 2 rings (SSSR count). The number of ether oxygens (including phenoxy) is 3. The average Bonchev–Trinajstić information content (AvgIpc) is 2.78. The van der Waals surface area contributed by atoms with Gasteiger partial charge >= 0.3 is 0 Å². The Morgan fingerprint density at radius 2 is 1.90 bits per heavy atom. The molecule has 2 aliphatic rings. The molecule has 0 radical (unpaired) electrons. The molecule has 0 saturated carbocycles. The standard InChI is InChI=1S/C13H24O7S/c1-5-6-7-13(14)11-10(19-12(2,3)20-11)9(18-13)8-17-21(4,15)16/h9-11,14H,5-8H2,1-4H3/t9-,10+,11+,13?/m0/s1. The molecular formula is C13H24O7S. The molecular weight excluding hydrogens is 300 g/mol. The lowest BCUT2D eigenvalue weighted by atomic mass is 10.0. The van der Waals surface area contributed by atoms with Crippen LogP contribution in [0.5, 0.6) is 0 Å². The van der Waals surface area contributed by atoms with Crippen molar-refractivity contribution in [2.24, 2.45) is 0 Å². The van der Waals surface area contributed by atoms with Crippen LogP contribution >= 0.6 is 0 Å². The summed E-state index contributed by atoms with van der Waals surface area (Å²) in [5.41, 5.74) is 0. The lowest BCUT2D eigenvalue weighted by Gasteiger charge is -2.30. The second kappa shape index (κ2) is 5.75. The molecule has 0 aliphatic carbocycles. The Labute approximate surface area is 125 Å². The fourth-order valence-corrected chi connectivity index (χ4v) is 3.14. The molecule has 0 bridgehead atoms. The SMILES string of the molecule is CCCCC1(O)O[C@@H](COS(C)(=O)=O)[C@H]2OC(C)(C)O[C@H]21. The van der Waals surface area contributed by atoms with Gasteiger partial charge in [0.15, 0.2) is 11.6 Å². The summed E-state index contributed by atoms with van der Waals surface area (Å²) in [7, 11) is -3.58. The van der Waals surface area contributed by atoms with Crippen LogP contribution in [0.4, 0.5) is 0 Å². The van der Waals surface area contributed by atoms with E-state index >= 15 is 0 Å². The highest BCUT2D eigenvalue weighted by atomic mass is 32.2. The Morgan fingerprint density at radius 3 is 2.48 bits per heavy atom. The zero-order valence-corrected chi connectivity index (χ0v) is 13.7. The molecule has 2 fully saturated rings. The smallest absolute Gasteiger partial charge is 0.264 e. The summed E-state index contributed by atoms with van der Waals surface area (Å²) in [6.07, 6.45) is 1.16. The third-order valence-corrected chi connectivity index (χ3v) is 4.19. The van der Waals surface area contributed by atoms with Crippen LogP contribution in [0, 0.1) is 0 Å². The maximum absolute atomic E-state index is 11.1. The van der Waals surface area contributed by atoms with Crippen molar-refractivity contribution >= 4 is 10.1 Å². The van der Waals surface area contributed by atoms with Gasteiger partial charge in [0.25, 0.3) is 10.1 Å². The van der Waals surface area contributed by atoms with Crippen LogP contribution < -0.4 is 0 Å². The first-order valence-electron chi connectivity index (χ1n) is 7.16. The highest BCUT2D eigenvalue weighted by Gasteiger charge is 2.62. The Balaban J connectivity index is 2.13. The maximum Gasteiger partial charge on any atom is 0.264 e. The predicted molar refractivity (Wildman–Crippen MR) is 74.0 cm³/mol. The molecule has 124 valence electrons. The second-order valence-electron chi connectivity index (χ2n) is 6.11. The maximum atomic E-state index is 11.1. The summed E-state index contributed by atoms with van der Waals surface area (Å²) in [5, 5.41) is 10.7. The molecule has 1 N–H and O–H groups in total. The molecule has 21 heavy (non-hydrogen) atoms. The van der Waals surface area contributed by atoms with Crippen LogP contribution in [-0.2, 0) is 28.5 Å². The lowest BCUT2D eigenvalue weighted by molar-refractivity contribution is -0.278. The molecule has 2 heterocycles. The van der Waals surface area contributed by atoms with Gasteiger partial charge in [0, 0.05) is 6.42 Å². The largest absolute Gasteiger partial charge is 0.363 e. The molecule has 2 saturated heterocycles. The highest BCUT2D eigenvalue weighted by molar-refractivity contribution is 7.85. The van der Waals surface area contributed by atoms with E-state index in [0.29, 0.717) is 6.42 Å². The number of unbranched alkanes of at least 4 members (excludes halogenated alkanes) is 1. The van der Waals surface area contributed by atoms with Crippen LogP contribution in [0.3, 0.4) is 0 Å². The van der Waals surface area contributed by atoms with Gasteiger partial charge in [-0.2, -0.15) is 8.42 Å². The highest BCUT2D eigenvalue weighted by Crippen LogP contribution is 2.45. The molecule has 7 nitrogen and oxygen atoms in total. The van der Waals surface area contributed by atoms with Crippen LogP contribution in [0.15, 0.2) is 0 Å². The van der Waals surface area contributed by atoms with E-state index in [1.165, 1.54) is 0 Å². The summed E-state index contributed by atoms with van der Waals surface area (Å²) in [4.78, 5) is 0. The van der Waals surface area contributed by atoms with Gasteiger partial charge in [0.05, 0.1) is 12.9 Å². The number of rotatable bonds is 6. The lowest BCUT2D eigenvalue weighted by Crippen LogP contribution is -2.43. The second-order valence-corrected chi connectivity index (χ2v) is 7.76. The van der Waals surface area contributed by atoms with E-state index in [0.717, 1.165) is 19.1 Å². The number of hydrogen-bond acceptors (Lipinski definition) is 7. The van der Waals surface area contributed by atoms with Crippen molar-refractivity contribution in [3.63, 3.8) is 0 Å². The van der Waals surface area contributed by atoms with Gasteiger partial charge < -0.3 is 19.3 Å². The molecule has 1 unspecified atom stereocenters. The predicted octanol–water partition coefficient (Wildman–Crippen LogP) is 0.760. The Hall–Kier alpha value is -0.250. The molecule has 4 atom stereocenters. The summed E-state index contributed by atoms with van der Waals surface area (Å²) >= 11 is 0. The first kappa shape index (κ1) is 17.1. The Bertz CT molecular complexity index is 475. The van der Waals surface area contributed by atoms with E-state index in [1.54, 1.807) is 13.8 Å². The summed E-state index contributed by atoms with van der Waals surface area (Å²) < 4.78 is 44.2. The zero-order valence-electron chi connectivity index (χ0n) is 12.9. The van der Waals surface area contributed by atoms with E-state index in [-0.39, 0.29) is 6.61 Å². The van der Waals surface area contributed by atoms with Gasteiger partial charge in [0.1, 0.15) is 18.3 Å². The van der Waals surface area contributed by atoms with Crippen molar-refractivity contribution in [1.82, 2.24) is 0 Å². The van der Waals surface area contributed by atoms with E-state index < -0.39 is 40.0 Å². The van der Waals surface area contributed by atoms with Gasteiger partial charge in [-0.25, -0.2) is 0 Å². The minimum Gasteiger partial charge on any atom is -0.363 e. The zero-order chi connectivity index (χ0) is 15.9. The summed E-state index contributed by atoms with van der Waals surface area (Å²) in [5.74, 6) is -2.32. The van der Waals surface area contributed by atoms with Gasteiger partial charge in [-0.15, -0.1) is 0 Å². The Morgan fingerprint density at radius 1 is 1.24 bits per heavy atom. The van der Waals surface area contributed by atoms with E-state index in [2.05, 4.69) is 0 Å². The van der Waals surface area contributed by atoms with Gasteiger partial charge in [-0.1, -0.05) is 13.3 Å². The third kappa shape index (κ3) is 3.94. The number of fused-ring (bicyclic) bond motifs is 1. The monoisotopic (exact) mass is 324 g/mol. The van der Waals surface area contributed by atoms with Gasteiger partial charge in [0.2, 0.25) is 0 Å². The number of aliphatic hydroxyl groups is 1. The van der Waals surface area contributed by atoms with Crippen molar-refractivity contribution in [2.45, 2.75) is 69.9 Å². The van der Waals surface area contributed by atoms with Crippen LogP contribution in [0.1, 0.15) is 40.0 Å². The van der Waals surface area contributed by atoms with Crippen molar-refractivity contribution in [2.75, 3.05) is 12.9 Å². The average molecular weight is 324 g/mol. The van der Waals surface area contributed by atoms with Crippen molar-refractivity contribution in [3.05, 3.63) is 0 Å². The molecule has 0 spiro atoms. The van der Waals surface area contributed by atoms with Crippen molar-refractivity contribution in [1.29, 1.82) is 0 Å². The molecule has 0 aromatic carbocycles. The van der Waals surface area contributed by atoms with E-state index in [4.69, 9.17) is 18.4 Å². The quantitative estimate of drug-likeness (QED) is 0.721. The van der Waals surface area contributed by atoms with E-state index in [1.807, 2.05) is 6.92 Å². The third-order valence-electron chi connectivity index (χ3n) is 3.63. The van der Waals surface area contributed by atoms with Gasteiger partial charge in [-0.3, -0.25) is 4.18 Å². The van der Waals surface area contributed by atoms with Crippen LogP contribution in [0.25, 0.3) is 0 Å². The Kier molecular flexibility index (Phi) is 4.68. The molecule has 0 amide bonds. The molecule has 0 aromatic rings. The fourth-order valence-electron chi connectivity index (χ4n) is 2.76.